The van der Waals surface area contributed by atoms with Gasteiger partial charge < -0.3 is 20.7 Å². The van der Waals surface area contributed by atoms with E-state index in [0.29, 0.717) is 13.0 Å². The van der Waals surface area contributed by atoms with Crippen LogP contribution in [0.3, 0.4) is 0 Å². The highest BCUT2D eigenvalue weighted by Gasteiger charge is 2.47. The highest BCUT2D eigenvalue weighted by atomic mass is 16.5. The summed E-state index contributed by atoms with van der Waals surface area (Å²) in [5.74, 6) is 0.0925. The number of carbonyl (C=O) groups is 2. The largest absolute Gasteiger partial charge is 0.376 e. The van der Waals surface area contributed by atoms with Gasteiger partial charge in [-0.1, -0.05) is 32.4 Å². The van der Waals surface area contributed by atoms with Crippen molar-refractivity contribution in [1.82, 2.24) is 16.0 Å². The van der Waals surface area contributed by atoms with E-state index in [-0.39, 0.29) is 35.9 Å². The third kappa shape index (κ3) is 5.81. The fraction of sp³-hybridized carbons (Fsp3) is 0.800. The maximum atomic E-state index is 12.5. The monoisotopic (exact) mass is 367 g/mol. The molecule has 0 bridgehead atoms. The second kappa shape index (κ2) is 10.7. The molecule has 0 aromatic heterocycles. The van der Waals surface area contributed by atoms with Gasteiger partial charge in [-0.25, -0.2) is 0 Å². The minimum absolute atomic E-state index is 0.0278. The molecule has 150 valence electrons. The van der Waals surface area contributed by atoms with Crippen LogP contribution in [0.5, 0.6) is 0 Å². The summed E-state index contributed by atoms with van der Waals surface area (Å²) in [5, 5.41) is 9.55. The number of hydrogen-bond donors (Lipinski definition) is 3. The van der Waals surface area contributed by atoms with Crippen LogP contribution in [0.1, 0.15) is 60.3 Å². The predicted molar refractivity (Wildman–Crippen MR) is 105 cm³/mol. The van der Waals surface area contributed by atoms with Crippen LogP contribution in [-0.4, -0.2) is 49.2 Å². The molecule has 2 amide bonds. The summed E-state index contributed by atoms with van der Waals surface area (Å²) in [5.41, 5.74) is -0.507. The molecule has 0 aliphatic carbocycles. The molecule has 0 aromatic rings. The lowest BCUT2D eigenvalue weighted by Crippen LogP contribution is -2.62. The molecule has 1 rings (SSSR count). The van der Waals surface area contributed by atoms with Gasteiger partial charge in [0.05, 0.1) is 17.7 Å². The van der Waals surface area contributed by atoms with Gasteiger partial charge in [0, 0.05) is 26.6 Å². The van der Waals surface area contributed by atoms with E-state index in [4.69, 9.17) is 4.74 Å². The summed E-state index contributed by atoms with van der Waals surface area (Å²) in [7, 11) is 1.69. The Labute approximate surface area is 158 Å². The van der Waals surface area contributed by atoms with Crippen LogP contribution < -0.4 is 16.0 Å². The number of rotatable bonds is 10. The van der Waals surface area contributed by atoms with Crippen LogP contribution in [-0.2, 0) is 14.3 Å². The molecule has 1 aliphatic rings. The number of amides is 2. The smallest absolute Gasteiger partial charge is 0.237 e. The second-order valence-electron chi connectivity index (χ2n) is 7.41. The van der Waals surface area contributed by atoms with Crippen molar-refractivity contribution in [2.24, 2.45) is 5.92 Å². The topological polar surface area (TPSA) is 79.5 Å². The zero-order valence-electron chi connectivity index (χ0n) is 17.2. The van der Waals surface area contributed by atoms with Crippen LogP contribution in [0, 0.1) is 5.92 Å². The number of carbonyl (C=O) groups excluding carboxylic acids is 2. The first kappa shape index (κ1) is 22.6. The van der Waals surface area contributed by atoms with Crippen molar-refractivity contribution in [1.29, 1.82) is 0 Å². The number of ether oxygens (including phenoxy) is 1. The first-order valence-corrected chi connectivity index (χ1v) is 9.81. The summed E-state index contributed by atoms with van der Waals surface area (Å²) in [6.07, 6.45) is 7.53. The molecule has 6 heteroatoms. The van der Waals surface area contributed by atoms with E-state index in [2.05, 4.69) is 29.0 Å². The Morgan fingerprint density at radius 2 is 2.04 bits per heavy atom. The summed E-state index contributed by atoms with van der Waals surface area (Å²) in [6.45, 7) is 10.4. The fourth-order valence-electron chi connectivity index (χ4n) is 3.91. The molecule has 0 unspecified atom stereocenters. The van der Waals surface area contributed by atoms with Gasteiger partial charge in [-0.2, -0.15) is 0 Å². The maximum absolute atomic E-state index is 12.5. The SMILES string of the molecule is C/C=C\[C@@H]1C[C@H](C(=O)NCCC)N[C@H]1[C@@H](NC(C)=O)[C@](C)(CCC)OC. The lowest BCUT2D eigenvalue weighted by Gasteiger charge is -2.41. The molecule has 26 heavy (non-hydrogen) atoms. The molecular formula is C20H37N3O3. The quantitative estimate of drug-likeness (QED) is 0.517. The first-order valence-electron chi connectivity index (χ1n) is 9.81. The van der Waals surface area contributed by atoms with E-state index in [9.17, 15) is 9.59 Å². The summed E-state index contributed by atoms with van der Waals surface area (Å²) in [6, 6.07) is -0.550. The zero-order valence-corrected chi connectivity index (χ0v) is 17.2. The number of hydrogen-bond acceptors (Lipinski definition) is 4. The highest BCUT2D eigenvalue weighted by molar-refractivity contribution is 5.82. The average Bonchev–Trinajstić information content (AvgIpc) is 3.01. The Bertz CT molecular complexity index is 495. The standard InChI is InChI=1S/C20H37N3O3/c1-7-10-15-13-16(19(25)21-12-9-3)23-17(15)18(22-14(4)24)20(5,26-6)11-8-2/h7,10,15-18,23H,8-9,11-13H2,1-6H3,(H,21,25)(H,22,24)/b10-7-/t15-,16-,17-,18-,20+/m1/s1. The zero-order chi connectivity index (χ0) is 19.7. The van der Waals surface area contributed by atoms with Gasteiger partial charge in [0.2, 0.25) is 11.8 Å². The van der Waals surface area contributed by atoms with E-state index in [1.807, 2.05) is 26.8 Å². The van der Waals surface area contributed by atoms with E-state index in [0.717, 1.165) is 19.3 Å². The number of nitrogens with one attached hydrogen (secondary N) is 3. The van der Waals surface area contributed by atoms with Crippen molar-refractivity contribution in [3.05, 3.63) is 12.2 Å². The first-order chi connectivity index (χ1) is 12.3. The van der Waals surface area contributed by atoms with E-state index in [1.54, 1.807) is 7.11 Å². The minimum atomic E-state index is -0.507. The van der Waals surface area contributed by atoms with Gasteiger partial charge in [-0.3, -0.25) is 9.59 Å². The van der Waals surface area contributed by atoms with Crippen LogP contribution in [0.4, 0.5) is 0 Å². The summed E-state index contributed by atoms with van der Waals surface area (Å²) >= 11 is 0. The van der Waals surface area contributed by atoms with E-state index < -0.39 is 5.60 Å². The Balaban J connectivity index is 3.11. The highest BCUT2D eigenvalue weighted by Crippen LogP contribution is 2.32. The second-order valence-corrected chi connectivity index (χ2v) is 7.41. The Hall–Kier alpha value is -1.40. The number of methoxy groups -OCH3 is 1. The van der Waals surface area contributed by atoms with Gasteiger partial charge >= 0.3 is 0 Å². The molecule has 1 fully saturated rings. The molecule has 1 saturated heterocycles. The third-order valence-corrected chi connectivity index (χ3v) is 5.26. The van der Waals surface area contributed by atoms with Crippen LogP contribution in [0.25, 0.3) is 0 Å². The summed E-state index contributed by atoms with van der Waals surface area (Å²) < 4.78 is 5.86. The molecule has 0 aromatic carbocycles. The lowest BCUT2D eigenvalue weighted by molar-refractivity contribution is -0.123. The van der Waals surface area contributed by atoms with Crippen LogP contribution >= 0.6 is 0 Å². The molecule has 0 radical (unpaired) electrons. The van der Waals surface area contributed by atoms with E-state index in [1.165, 1.54) is 6.92 Å². The predicted octanol–water partition coefficient (Wildman–Crippen LogP) is 2.15. The van der Waals surface area contributed by atoms with Crippen molar-refractivity contribution >= 4 is 11.8 Å². The lowest BCUT2D eigenvalue weighted by atomic mass is 9.81. The van der Waals surface area contributed by atoms with Gasteiger partial charge in [-0.05, 0) is 39.0 Å². The van der Waals surface area contributed by atoms with Gasteiger partial charge in [0.15, 0.2) is 0 Å². The average molecular weight is 368 g/mol. The Morgan fingerprint density at radius 1 is 1.35 bits per heavy atom. The van der Waals surface area contributed by atoms with Crippen molar-refractivity contribution in [2.45, 2.75) is 84.0 Å². The molecule has 3 N–H and O–H groups in total. The molecule has 6 nitrogen and oxygen atoms in total. The van der Waals surface area contributed by atoms with Crippen molar-refractivity contribution < 1.29 is 14.3 Å². The fourth-order valence-corrected chi connectivity index (χ4v) is 3.91. The van der Waals surface area contributed by atoms with Crippen molar-refractivity contribution in [2.75, 3.05) is 13.7 Å². The van der Waals surface area contributed by atoms with Crippen molar-refractivity contribution in [3.63, 3.8) is 0 Å². The van der Waals surface area contributed by atoms with Gasteiger partial charge in [0.1, 0.15) is 0 Å². The van der Waals surface area contributed by atoms with E-state index >= 15 is 0 Å². The molecule has 0 spiro atoms. The van der Waals surface area contributed by atoms with Crippen LogP contribution in [0.15, 0.2) is 12.2 Å². The van der Waals surface area contributed by atoms with Gasteiger partial charge in [-0.15, -0.1) is 0 Å². The number of allylic oxidation sites excluding steroid dienone is 1. The Kier molecular flexibility index (Phi) is 9.30. The van der Waals surface area contributed by atoms with Crippen LogP contribution in [0.2, 0.25) is 0 Å². The minimum Gasteiger partial charge on any atom is -0.376 e. The molecular weight excluding hydrogens is 330 g/mol. The molecule has 0 saturated carbocycles. The molecule has 1 heterocycles. The Morgan fingerprint density at radius 3 is 2.54 bits per heavy atom. The third-order valence-electron chi connectivity index (χ3n) is 5.26. The van der Waals surface area contributed by atoms with Gasteiger partial charge in [0.25, 0.3) is 0 Å². The maximum Gasteiger partial charge on any atom is 0.237 e. The molecule has 1 aliphatic heterocycles. The van der Waals surface area contributed by atoms with Crippen molar-refractivity contribution in [3.8, 4) is 0 Å². The summed E-state index contributed by atoms with van der Waals surface area (Å²) in [4.78, 5) is 24.4. The molecule has 5 atom stereocenters. The normalized spacial score (nSPS) is 26.5.